The number of imide groups is 2. The van der Waals surface area contributed by atoms with Gasteiger partial charge in [0.25, 0.3) is 11.8 Å². The average Bonchev–Trinajstić information content (AvgIpc) is 2.83. The van der Waals surface area contributed by atoms with Crippen molar-refractivity contribution in [2.45, 2.75) is 27.2 Å². The van der Waals surface area contributed by atoms with Gasteiger partial charge in [-0.2, -0.15) is 0 Å². The molecule has 1 saturated heterocycles. The van der Waals surface area contributed by atoms with Crippen molar-refractivity contribution >= 4 is 63.8 Å². The molecule has 36 heavy (non-hydrogen) atoms. The Morgan fingerprint density at radius 2 is 1.81 bits per heavy atom. The number of barbiturate groups is 1. The molecule has 1 N–H and O–H groups in total. The SMILES string of the molecule is CCOc1cc(/C=C2\C(=O)NC(=O)N(c3cccc(C)c3C)C2=O)cc(I)c1Cc1ccccc1Cl. The van der Waals surface area contributed by atoms with Crippen LogP contribution in [-0.2, 0) is 16.0 Å². The van der Waals surface area contributed by atoms with E-state index in [-0.39, 0.29) is 5.57 Å². The van der Waals surface area contributed by atoms with Gasteiger partial charge in [-0.15, -0.1) is 0 Å². The summed E-state index contributed by atoms with van der Waals surface area (Å²) in [5, 5.41) is 2.96. The highest BCUT2D eigenvalue weighted by molar-refractivity contribution is 14.1. The minimum Gasteiger partial charge on any atom is -0.494 e. The van der Waals surface area contributed by atoms with Crippen molar-refractivity contribution in [1.29, 1.82) is 0 Å². The second kappa shape index (κ2) is 10.8. The fraction of sp³-hybridized carbons (Fsp3) is 0.179. The Hall–Kier alpha value is -3.17. The van der Waals surface area contributed by atoms with Crippen LogP contribution in [0, 0.1) is 17.4 Å². The maximum absolute atomic E-state index is 13.4. The predicted molar refractivity (Wildman–Crippen MR) is 150 cm³/mol. The largest absolute Gasteiger partial charge is 0.494 e. The van der Waals surface area contributed by atoms with Crippen LogP contribution in [0.3, 0.4) is 0 Å². The lowest BCUT2D eigenvalue weighted by atomic mass is 10.00. The Labute approximate surface area is 228 Å². The van der Waals surface area contributed by atoms with Gasteiger partial charge in [-0.25, -0.2) is 9.69 Å². The number of carbonyl (C=O) groups is 3. The standard InChI is InChI=1S/C28H24ClIN2O4/c1-4-36-25-14-18(13-23(30)20(25)15-19-9-5-6-10-22(19)29)12-21-26(33)31-28(35)32(27(21)34)24-11-7-8-16(2)17(24)3/h5-14H,4,15H2,1-3H3,(H,31,33,35)/b21-12+. The molecule has 0 saturated carbocycles. The second-order valence-corrected chi connectivity index (χ2v) is 9.93. The molecule has 0 unspecified atom stereocenters. The first-order chi connectivity index (χ1) is 17.2. The first kappa shape index (κ1) is 25.9. The smallest absolute Gasteiger partial charge is 0.335 e. The van der Waals surface area contributed by atoms with E-state index in [1.165, 1.54) is 6.08 Å². The number of hydrogen-bond acceptors (Lipinski definition) is 4. The summed E-state index contributed by atoms with van der Waals surface area (Å²) in [6.45, 7) is 6.07. The number of urea groups is 1. The van der Waals surface area contributed by atoms with Crippen molar-refractivity contribution in [2.24, 2.45) is 0 Å². The quantitative estimate of drug-likeness (QED) is 0.203. The fourth-order valence-electron chi connectivity index (χ4n) is 4.02. The fourth-order valence-corrected chi connectivity index (χ4v) is 5.04. The van der Waals surface area contributed by atoms with Crippen molar-refractivity contribution in [3.63, 3.8) is 0 Å². The van der Waals surface area contributed by atoms with Gasteiger partial charge in [0, 0.05) is 20.6 Å². The van der Waals surface area contributed by atoms with Gasteiger partial charge < -0.3 is 4.74 Å². The number of ether oxygens (including phenoxy) is 1. The third-order valence-corrected chi connectivity index (χ3v) is 7.36. The molecule has 1 heterocycles. The number of hydrogen-bond donors (Lipinski definition) is 1. The van der Waals surface area contributed by atoms with Crippen molar-refractivity contribution in [3.05, 3.63) is 96.6 Å². The second-order valence-electron chi connectivity index (χ2n) is 8.36. The summed E-state index contributed by atoms with van der Waals surface area (Å²) < 4.78 is 6.82. The van der Waals surface area contributed by atoms with Gasteiger partial charge in [0.1, 0.15) is 11.3 Å². The number of amides is 4. The maximum Gasteiger partial charge on any atom is 0.335 e. The number of carbonyl (C=O) groups excluding carboxylic acids is 3. The minimum absolute atomic E-state index is 0.132. The van der Waals surface area contributed by atoms with E-state index in [0.29, 0.717) is 35.1 Å². The van der Waals surface area contributed by atoms with Crippen molar-refractivity contribution in [1.82, 2.24) is 5.32 Å². The Morgan fingerprint density at radius 3 is 2.53 bits per heavy atom. The Kier molecular flexibility index (Phi) is 7.80. The monoisotopic (exact) mass is 614 g/mol. The highest BCUT2D eigenvalue weighted by Crippen LogP contribution is 2.32. The first-order valence-corrected chi connectivity index (χ1v) is 12.8. The van der Waals surface area contributed by atoms with Gasteiger partial charge in [-0.05, 0) is 96.0 Å². The van der Waals surface area contributed by atoms with Crippen LogP contribution in [-0.4, -0.2) is 24.5 Å². The van der Waals surface area contributed by atoms with E-state index in [1.54, 1.807) is 18.2 Å². The zero-order valence-electron chi connectivity index (χ0n) is 20.0. The van der Waals surface area contributed by atoms with Gasteiger partial charge in [0.05, 0.1) is 12.3 Å². The van der Waals surface area contributed by atoms with Crippen molar-refractivity contribution in [2.75, 3.05) is 11.5 Å². The Morgan fingerprint density at radius 1 is 1.06 bits per heavy atom. The summed E-state index contributed by atoms with van der Waals surface area (Å²) in [6, 6.07) is 15.9. The van der Waals surface area contributed by atoms with E-state index in [9.17, 15) is 14.4 Å². The molecule has 0 radical (unpaired) electrons. The van der Waals surface area contributed by atoms with Gasteiger partial charge in [0.2, 0.25) is 0 Å². The Balaban J connectivity index is 1.75. The lowest BCUT2D eigenvalue weighted by molar-refractivity contribution is -0.122. The van der Waals surface area contributed by atoms with Crippen LogP contribution in [0.4, 0.5) is 10.5 Å². The molecule has 3 aromatic carbocycles. The molecule has 1 aliphatic rings. The summed E-state index contributed by atoms with van der Waals surface area (Å²) in [7, 11) is 0. The number of halogens is 2. The van der Waals surface area contributed by atoms with Crippen LogP contribution in [0.25, 0.3) is 6.08 Å². The molecule has 6 nitrogen and oxygen atoms in total. The number of benzene rings is 3. The highest BCUT2D eigenvalue weighted by atomic mass is 127. The van der Waals surface area contributed by atoms with Gasteiger partial charge in [-0.3, -0.25) is 14.9 Å². The van der Waals surface area contributed by atoms with Crippen LogP contribution < -0.4 is 15.0 Å². The summed E-state index contributed by atoms with van der Waals surface area (Å²) in [4.78, 5) is 39.7. The summed E-state index contributed by atoms with van der Waals surface area (Å²) in [5.41, 5.74) is 4.56. The number of anilines is 1. The van der Waals surface area contributed by atoms with E-state index in [1.807, 2.05) is 57.2 Å². The molecule has 3 aromatic rings. The molecule has 0 atom stereocenters. The van der Waals surface area contributed by atoms with Gasteiger partial charge >= 0.3 is 6.03 Å². The van der Waals surface area contributed by atoms with Crippen molar-refractivity contribution in [3.8, 4) is 5.75 Å². The predicted octanol–water partition coefficient (Wildman–Crippen LogP) is 6.22. The topological polar surface area (TPSA) is 75.7 Å². The average molecular weight is 615 g/mol. The van der Waals surface area contributed by atoms with Gasteiger partial charge in [-0.1, -0.05) is 41.9 Å². The molecule has 0 spiro atoms. The van der Waals surface area contributed by atoms with Gasteiger partial charge in [0.15, 0.2) is 0 Å². The van der Waals surface area contributed by atoms with Crippen LogP contribution in [0.1, 0.15) is 34.7 Å². The molecule has 4 amide bonds. The molecular weight excluding hydrogens is 591 g/mol. The zero-order chi connectivity index (χ0) is 26.0. The Bertz CT molecular complexity index is 1420. The molecule has 1 aliphatic heterocycles. The summed E-state index contributed by atoms with van der Waals surface area (Å²) in [5.74, 6) is -0.771. The molecule has 0 aromatic heterocycles. The lowest BCUT2D eigenvalue weighted by Crippen LogP contribution is -2.54. The highest BCUT2D eigenvalue weighted by Gasteiger charge is 2.37. The zero-order valence-corrected chi connectivity index (χ0v) is 22.9. The third-order valence-electron chi connectivity index (χ3n) is 6.03. The number of aryl methyl sites for hydroxylation is 1. The summed E-state index contributed by atoms with van der Waals surface area (Å²) >= 11 is 8.59. The van der Waals surface area contributed by atoms with E-state index >= 15 is 0 Å². The number of nitrogens with one attached hydrogen (secondary N) is 1. The first-order valence-electron chi connectivity index (χ1n) is 11.4. The summed E-state index contributed by atoms with van der Waals surface area (Å²) in [6.07, 6.45) is 2.06. The lowest BCUT2D eigenvalue weighted by Gasteiger charge is -2.28. The minimum atomic E-state index is -0.768. The normalized spacial score (nSPS) is 14.9. The molecule has 0 aliphatic carbocycles. The van der Waals surface area contributed by atoms with Crippen LogP contribution in [0.5, 0.6) is 5.75 Å². The third kappa shape index (κ3) is 5.17. The molecule has 0 bridgehead atoms. The van der Waals surface area contributed by atoms with E-state index < -0.39 is 17.8 Å². The molecule has 8 heteroatoms. The van der Waals surface area contributed by atoms with Crippen molar-refractivity contribution < 1.29 is 19.1 Å². The van der Waals surface area contributed by atoms with E-state index in [0.717, 1.165) is 30.7 Å². The van der Waals surface area contributed by atoms with E-state index in [2.05, 4.69) is 27.9 Å². The molecular formula is C28H24ClIN2O4. The molecule has 1 fully saturated rings. The maximum atomic E-state index is 13.4. The van der Waals surface area contributed by atoms with Crippen LogP contribution in [0.15, 0.2) is 60.2 Å². The van der Waals surface area contributed by atoms with Crippen LogP contribution in [0.2, 0.25) is 5.02 Å². The van der Waals surface area contributed by atoms with E-state index in [4.69, 9.17) is 16.3 Å². The number of rotatable bonds is 6. The van der Waals surface area contributed by atoms with Crippen LogP contribution >= 0.6 is 34.2 Å². The molecule has 184 valence electrons. The molecule has 4 rings (SSSR count). The number of nitrogens with zero attached hydrogens (tertiary/aromatic N) is 1.